The number of nitrogens with one attached hydrogen (secondary N) is 1. The Morgan fingerprint density at radius 3 is 2.68 bits per heavy atom. The summed E-state index contributed by atoms with van der Waals surface area (Å²) in [7, 11) is 0. The number of carbonyl (C=O) groups is 3. The monoisotopic (exact) mass is 359 g/mol. The van der Waals surface area contributed by atoms with E-state index in [2.05, 4.69) is 5.32 Å². The zero-order chi connectivity index (χ0) is 18.1. The lowest BCUT2D eigenvalue weighted by Crippen LogP contribution is -2.33. The second kappa shape index (κ2) is 9.39. The zero-order valence-corrected chi connectivity index (χ0v) is 14.4. The zero-order valence-electron chi connectivity index (χ0n) is 13.6. The van der Waals surface area contributed by atoms with E-state index in [-0.39, 0.29) is 0 Å². The first kappa shape index (κ1) is 18.4. The molecule has 7 heteroatoms. The summed E-state index contributed by atoms with van der Waals surface area (Å²) in [5.74, 6) is -1.24. The Labute approximate surface area is 149 Å². The van der Waals surface area contributed by atoms with Gasteiger partial charge in [-0.05, 0) is 30.5 Å². The summed E-state index contributed by atoms with van der Waals surface area (Å²) in [6, 6.07) is 10.5. The average Bonchev–Trinajstić information content (AvgIpc) is 3.14. The normalized spacial score (nSPS) is 10.4. The van der Waals surface area contributed by atoms with E-state index < -0.39 is 24.4 Å². The Balaban J connectivity index is 1.82. The van der Waals surface area contributed by atoms with Crippen molar-refractivity contribution in [3.8, 4) is 5.75 Å². The summed E-state index contributed by atoms with van der Waals surface area (Å²) in [6.45, 7) is 1.84. The van der Waals surface area contributed by atoms with Crippen LogP contribution in [0.4, 0.5) is 0 Å². The fourth-order valence-electron chi connectivity index (χ4n) is 1.88. The molecule has 1 heterocycles. The number of benzene rings is 1. The molecule has 1 N–H and O–H groups in total. The van der Waals surface area contributed by atoms with Crippen LogP contribution in [-0.4, -0.2) is 31.0 Å². The Hall–Kier alpha value is -2.93. The summed E-state index contributed by atoms with van der Waals surface area (Å²) in [6.07, 6.45) is 2.74. The van der Waals surface area contributed by atoms with Gasteiger partial charge in [0.1, 0.15) is 5.75 Å². The number of hydrogen-bond acceptors (Lipinski definition) is 6. The number of amides is 2. The van der Waals surface area contributed by atoms with E-state index in [1.165, 1.54) is 17.4 Å². The van der Waals surface area contributed by atoms with Crippen molar-refractivity contribution in [1.29, 1.82) is 0 Å². The number of thiophene rings is 1. The van der Waals surface area contributed by atoms with Crippen LogP contribution >= 0.6 is 11.3 Å². The van der Waals surface area contributed by atoms with Gasteiger partial charge in [-0.25, -0.2) is 4.79 Å². The van der Waals surface area contributed by atoms with Crippen LogP contribution < -0.4 is 10.1 Å². The molecule has 130 valence electrons. The first-order valence-corrected chi connectivity index (χ1v) is 8.42. The van der Waals surface area contributed by atoms with Gasteiger partial charge in [-0.2, -0.15) is 0 Å². The minimum absolute atomic E-state index is 0.409. The number of ether oxygens (including phenoxy) is 2. The molecular formula is C18H17NO5S. The lowest BCUT2D eigenvalue weighted by molar-refractivity contribution is -0.143. The van der Waals surface area contributed by atoms with Crippen LogP contribution in [0, 0.1) is 0 Å². The van der Waals surface area contributed by atoms with E-state index in [0.717, 1.165) is 5.56 Å². The maximum absolute atomic E-state index is 11.7. The lowest BCUT2D eigenvalue weighted by Gasteiger charge is -2.06. The van der Waals surface area contributed by atoms with Crippen molar-refractivity contribution in [1.82, 2.24) is 5.32 Å². The minimum atomic E-state index is -0.690. The van der Waals surface area contributed by atoms with E-state index in [4.69, 9.17) is 9.47 Å². The van der Waals surface area contributed by atoms with Gasteiger partial charge in [-0.3, -0.25) is 14.9 Å². The second-order valence-electron chi connectivity index (χ2n) is 4.77. The topological polar surface area (TPSA) is 81.7 Å². The van der Waals surface area contributed by atoms with Crippen molar-refractivity contribution in [2.45, 2.75) is 6.92 Å². The largest absolute Gasteiger partial charge is 0.493 e. The van der Waals surface area contributed by atoms with Crippen LogP contribution in [0.25, 0.3) is 6.08 Å². The van der Waals surface area contributed by atoms with Gasteiger partial charge >= 0.3 is 5.97 Å². The highest BCUT2D eigenvalue weighted by atomic mass is 32.1. The molecule has 0 unspecified atom stereocenters. The first-order chi connectivity index (χ1) is 12.1. The van der Waals surface area contributed by atoms with Gasteiger partial charge in [0.25, 0.3) is 11.8 Å². The van der Waals surface area contributed by atoms with Crippen molar-refractivity contribution in [2.24, 2.45) is 0 Å². The van der Waals surface area contributed by atoms with E-state index in [1.54, 1.807) is 35.7 Å². The van der Waals surface area contributed by atoms with Crippen LogP contribution in [0.3, 0.4) is 0 Å². The third-order valence-electron chi connectivity index (χ3n) is 2.96. The van der Waals surface area contributed by atoms with Gasteiger partial charge in [-0.1, -0.05) is 24.3 Å². The van der Waals surface area contributed by atoms with E-state index in [9.17, 15) is 14.4 Å². The molecule has 2 aromatic rings. The van der Waals surface area contributed by atoms with E-state index in [1.807, 2.05) is 19.1 Å². The van der Waals surface area contributed by atoms with Crippen molar-refractivity contribution in [3.63, 3.8) is 0 Å². The number of carbonyl (C=O) groups excluding carboxylic acids is 3. The summed E-state index contributed by atoms with van der Waals surface area (Å²) in [5, 5.41) is 3.88. The van der Waals surface area contributed by atoms with E-state index >= 15 is 0 Å². The van der Waals surface area contributed by atoms with Crippen molar-refractivity contribution in [3.05, 3.63) is 58.3 Å². The van der Waals surface area contributed by atoms with Crippen LogP contribution in [0.1, 0.15) is 22.2 Å². The SMILES string of the molecule is CCOc1ccccc1/C=C/C(=O)OCC(=O)NC(=O)c1cccs1. The summed E-state index contributed by atoms with van der Waals surface area (Å²) in [4.78, 5) is 35.4. The van der Waals surface area contributed by atoms with Crippen molar-refractivity contribution in [2.75, 3.05) is 13.2 Å². The maximum atomic E-state index is 11.7. The average molecular weight is 359 g/mol. The maximum Gasteiger partial charge on any atom is 0.331 e. The van der Waals surface area contributed by atoms with Gasteiger partial charge in [-0.15, -0.1) is 11.3 Å². The van der Waals surface area contributed by atoms with Gasteiger partial charge in [0, 0.05) is 11.6 Å². The van der Waals surface area contributed by atoms with Gasteiger partial charge in [0.15, 0.2) is 6.61 Å². The fourth-order valence-corrected chi connectivity index (χ4v) is 2.50. The summed E-state index contributed by atoms with van der Waals surface area (Å²) < 4.78 is 10.3. The Morgan fingerprint density at radius 2 is 1.96 bits per heavy atom. The number of para-hydroxylation sites is 1. The molecule has 0 fully saturated rings. The third-order valence-corrected chi connectivity index (χ3v) is 3.83. The predicted octanol–water partition coefficient (Wildman–Crippen LogP) is 2.66. The molecule has 2 rings (SSSR count). The molecule has 0 aliphatic carbocycles. The van der Waals surface area contributed by atoms with Crippen molar-refractivity contribution < 1.29 is 23.9 Å². The molecule has 0 saturated carbocycles. The molecular weight excluding hydrogens is 342 g/mol. The fraction of sp³-hybridized carbons (Fsp3) is 0.167. The number of hydrogen-bond donors (Lipinski definition) is 1. The van der Waals surface area contributed by atoms with Crippen LogP contribution in [-0.2, 0) is 14.3 Å². The van der Waals surface area contributed by atoms with E-state index in [0.29, 0.717) is 17.2 Å². The van der Waals surface area contributed by atoms with Crippen LogP contribution in [0.5, 0.6) is 5.75 Å². The van der Waals surface area contributed by atoms with Crippen LogP contribution in [0.15, 0.2) is 47.9 Å². The molecule has 2 amide bonds. The molecule has 1 aromatic carbocycles. The molecule has 0 spiro atoms. The standard InChI is InChI=1S/C18H17NO5S/c1-2-23-14-7-4-3-6-13(14)9-10-17(21)24-12-16(20)19-18(22)15-8-5-11-25-15/h3-11H,2,12H2,1H3,(H,19,20,22)/b10-9+. The molecule has 0 saturated heterocycles. The molecule has 0 aliphatic rings. The predicted molar refractivity (Wildman–Crippen MR) is 94.4 cm³/mol. The summed E-state index contributed by atoms with van der Waals surface area (Å²) >= 11 is 1.21. The highest BCUT2D eigenvalue weighted by molar-refractivity contribution is 7.12. The smallest absolute Gasteiger partial charge is 0.331 e. The van der Waals surface area contributed by atoms with Gasteiger partial charge < -0.3 is 9.47 Å². The second-order valence-corrected chi connectivity index (χ2v) is 5.71. The Bertz CT molecular complexity index is 768. The highest BCUT2D eigenvalue weighted by Gasteiger charge is 2.12. The number of esters is 1. The highest BCUT2D eigenvalue weighted by Crippen LogP contribution is 2.19. The molecule has 0 atom stereocenters. The molecule has 1 aromatic heterocycles. The minimum Gasteiger partial charge on any atom is -0.493 e. The number of rotatable bonds is 7. The quantitative estimate of drug-likeness (QED) is 0.607. The molecule has 0 aliphatic heterocycles. The van der Waals surface area contributed by atoms with Crippen molar-refractivity contribution >= 4 is 35.2 Å². The molecule has 25 heavy (non-hydrogen) atoms. The van der Waals surface area contributed by atoms with Crippen LogP contribution in [0.2, 0.25) is 0 Å². The third kappa shape index (κ3) is 5.89. The first-order valence-electron chi connectivity index (χ1n) is 7.54. The van der Waals surface area contributed by atoms with Gasteiger partial charge in [0.05, 0.1) is 11.5 Å². The molecule has 6 nitrogen and oxygen atoms in total. The summed E-state index contributed by atoms with van der Waals surface area (Å²) in [5.41, 5.74) is 0.721. The lowest BCUT2D eigenvalue weighted by atomic mass is 10.2. The Kier molecular flexibility index (Phi) is 6.91. The molecule has 0 bridgehead atoms. The van der Waals surface area contributed by atoms with Gasteiger partial charge in [0.2, 0.25) is 0 Å². The Morgan fingerprint density at radius 1 is 1.16 bits per heavy atom. The number of imide groups is 1. The molecule has 0 radical (unpaired) electrons.